The van der Waals surface area contributed by atoms with E-state index in [0.717, 1.165) is 18.4 Å². The van der Waals surface area contributed by atoms with Gasteiger partial charge in [-0.05, 0) is 24.0 Å². The summed E-state index contributed by atoms with van der Waals surface area (Å²) in [6, 6.07) is 7.93. The third-order valence-corrected chi connectivity index (χ3v) is 3.55. The minimum Gasteiger partial charge on any atom is -0.361 e. The van der Waals surface area contributed by atoms with E-state index in [2.05, 4.69) is 20.0 Å². The maximum atomic E-state index is 12.2. The van der Waals surface area contributed by atoms with Crippen molar-refractivity contribution in [1.82, 2.24) is 15.5 Å². The standard InChI is InChI=1S/C14H14N4O3/c15-12(19)14-17-11(18-21-14)7-16-13(20)10-6-5-8-3-1-2-4-9(8)10/h1-4,10H,5-7H2,(H2,15,19)(H,16,20). The number of aryl methyl sites for hydroxylation is 1. The van der Waals surface area contributed by atoms with E-state index in [1.54, 1.807) is 0 Å². The van der Waals surface area contributed by atoms with Gasteiger partial charge in [-0.15, -0.1) is 0 Å². The second-order valence-corrected chi connectivity index (χ2v) is 4.89. The fraction of sp³-hybridized carbons (Fsp3) is 0.286. The number of rotatable bonds is 4. The van der Waals surface area contributed by atoms with Crippen molar-refractivity contribution in [2.24, 2.45) is 5.73 Å². The lowest BCUT2D eigenvalue weighted by Gasteiger charge is -2.10. The molecule has 1 heterocycles. The molecule has 2 amide bonds. The van der Waals surface area contributed by atoms with Crippen molar-refractivity contribution in [2.75, 3.05) is 0 Å². The van der Waals surface area contributed by atoms with Crippen LogP contribution in [-0.4, -0.2) is 22.0 Å². The highest BCUT2D eigenvalue weighted by Gasteiger charge is 2.28. The van der Waals surface area contributed by atoms with Crippen LogP contribution >= 0.6 is 0 Å². The van der Waals surface area contributed by atoms with E-state index in [-0.39, 0.29) is 30.1 Å². The smallest absolute Gasteiger partial charge is 0.315 e. The molecule has 21 heavy (non-hydrogen) atoms. The highest BCUT2D eigenvalue weighted by molar-refractivity contribution is 5.87. The number of primary amides is 1. The lowest BCUT2D eigenvalue weighted by molar-refractivity contribution is -0.122. The maximum absolute atomic E-state index is 12.2. The maximum Gasteiger partial charge on any atom is 0.315 e. The number of fused-ring (bicyclic) bond motifs is 1. The molecule has 7 nitrogen and oxygen atoms in total. The second kappa shape index (κ2) is 5.35. The molecule has 7 heteroatoms. The molecule has 0 bridgehead atoms. The number of carbonyl (C=O) groups excluding carboxylic acids is 2. The minimum atomic E-state index is -0.787. The molecule has 1 aromatic heterocycles. The molecule has 1 aliphatic rings. The molecule has 1 aromatic carbocycles. The van der Waals surface area contributed by atoms with Crippen LogP contribution in [0.1, 0.15) is 40.0 Å². The monoisotopic (exact) mass is 286 g/mol. The number of carbonyl (C=O) groups is 2. The molecule has 1 unspecified atom stereocenters. The van der Waals surface area contributed by atoms with E-state index in [1.165, 1.54) is 5.56 Å². The number of nitrogens with one attached hydrogen (secondary N) is 1. The molecule has 2 aromatic rings. The zero-order valence-electron chi connectivity index (χ0n) is 11.2. The van der Waals surface area contributed by atoms with Gasteiger partial charge >= 0.3 is 11.8 Å². The summed E-state index contributed by atoms with van der Waals surface area (Å²) < 4.78 is 4.65. The number of hydrogen-bond acceptors (Lipinski definition) is 5. The summed E-state index contributed by atoms with van der Waals surface area (Å²) in [6.45, 7) is 0.105. The fourth-order valence-electron chi connectivity index (χ4n) is 2.54. The zero-order chi connectivity index (χ0) is 14.8. The summed E-state index contributed by atoms with van der Waals surface area (Å²) >= 11 is 0. The topological polar surface area (TPSA) is 111 Å². The van der Waals surface area contributed by atoms with Gasteiger partial charge < -0.3 is 15.6 Å². The summed E-state index contributed by atoms with van der Waals surface area (Å²) in [5, 5.41) is 6.34. The Balaban J connectivity index is 1.63. The van der Waals surface area contributed by atoms with Gasteiger partial charge in [0.25, 0.3) is 0 Å². The van der Waals surface area contributed by atoms with Crippen LogP contribution in [0.4, 0.5) is 0 Å². The summed E-state index contributed by atoms with van der Waals surface area (Å²) in [7, 11) is 0. The number of aromatic nitrogens is 2. The SMILES string of the molecule is NC(=O)c1nc(CNC(=O)C2CCc3ccccc32)no1. The molecule has 0 radical (unpaired) electrons. The molecule has 0 saturated carbocycles. The van der Waals surface area contributed by atoms with Crippen molar-refractivity contribution in [3.05, 3.63) is 47.1 Å². The third kappa shape index (κ3) is 2.62. The molecule has 1 aliphatic carbocycles. The van der Waals surface area contributed by atoms with Gasteiger partial charge in [-0.2, -0.15) is 4.98 Å². The highest BCUT2D eigenvalue weighted by atomic mass is 16.5. The highest BCUT2D eigenvalue weighted by Crippen LogP contribution is 2.32. The molecule has 0 aliphatic heterocycles. The Morgan fingerprint density at radius 3 is 2.95 bits per heavy atom. The van der Waals surface area contributed by atoms with E-state index in [0.29, 0.717) is 0 Å². The number of hydrogen-bond donors (Lipinski definition) is 2. The van der Waals surface area contributed by atoms with Crippen LogP contribution in [0.25, 0.3) is 0 Å². The third-order valence-electron chi connectivity index (χ3n) is 3.55. The average molecular weight is 286 g/mol. The summed E-state index contributed by atoms with van der Waals surface area (Å²) in [5.41, 5.74) is 7.30. The van der Waals surface area contributed by atoms with Crippen LogP contribution in [0.2, 0.25) is 0 Å². The van der Waals surface area contributed by atoms with Crippen molar-refractivity contribution in [1.29, 1.82) is 0 Å². The lowest BCUT2D eigenvalue weighted by atomic mass is 10.0. The Bertz CT molecular complexity index is 695. The molecular weight excluding hydrogens is 272 g/mol. The molecule has 0 fully saturated rings. The summed E-state index contributed by atoms with van der Waals surface area (Å²) in [5.74, 6) is -1.05. The predicted octanol–water partition coefficient (Wildman–Crippen LogP) is 0.515. The van der Waals surface area contributed by atoms with Gasteiger partial charge in [0.15, 0.2) is 5.82 Å². The van der Waals surface area contributed by atoms with Gasteiger partial charge in [-0.25, -0.2) is 0 Å². The Hall–Kier alpha value is -2.70. The average Bonchev–Trinajstić information content (AvgIpc) is 3.11. The Labute approximate surface area is 120 Å². The predicted molar refractivity (Wildman–Crippen MR) is 72.2 cm³/mol. The largest absolute Gasteiger partial charge is 0.361 e. The second-order valence-electron chi connectivity index (χ2n) is 4.89. The fourth-order valence-corrected chi connectivity index (χ4v) is 2.54. The van der Waals surface area contributed by atoms with Gasteiger partial charge in [0.2, 0.25) is 5.91 Å². The van der Waals surface area contributed by atoms with Crippen LogP contribution in [0.5, 0.6) is 0 Å². The number of nitrogens with zero attached hydrogens (tertiary/aromatic N) is 2. The first kappa shape index (κ1) is 13.3. The molecule has 0 spiro atoms. The first-order valence-electron chi connectivity index (χ1n) is 6.63. The Morgan fingerprint density at radius 2 is 2.19 bits per heavy atom. The van der Waals surface area contributed by atoms with Crippen molar-refractivity contribution < 1.29 is 14.1 Å². The molecule has 1 atom stereocenters. The van der Waals surface area contributed by atoms with Crippen LogP contribution < -0.4 is 11.1 Å². The number of amides is 2. The van der Waals surface area contributed by atoms with Crippen LogP contribution in [0.15, 0.2) is 28.8 Å². The quantitative estimate of drug-likeness (QED) is 0.850. The van der Waals surface area contributed by atoms with Gasteiger partial charge in [0.05, 0.1) is 12.5 Å². The van der Waals surface area contributed by atoms with Crippen LogP contribution in [-0.2, 0) is 17.8 Å². The molecule has 108 valence electrons. The Morgan fingerprint density at radius 1 is 1.38 bits per heavy atom. The minimum absolute atomic E-state index is 0.0784. The molecular formula is C14H14N4O3. The zero-order valence-corrected chi connectivity index (χ0v) is 11.2. The first-order chi connectivity index (χ1) is 10.1. The van der Waals surface area contributed by atoms with Crippen molar-refractivity contribution in [3.63, 3.8) is 0 Å². The van der Waals surface area contributed by atoms with E-state index in [1.807, 2.05) is 24.3 Å². The van der Waals surface area contributed by atoms with Crippen LogP contribution in [0, 0.1) is 0 Å². The normalized spacial score (nSPS) is 16.5. The lowest BCUT2D eigenvalue weighted by Crippen LogP contribution is -2.28. The van der Waals surface area contributed by atoms with Crippen molar-refractivity contribution >= 4 is 11.8 Å². The molecule has 3 rings (SSSR count). The Kier molecular flexibility index (Phi) is 3.39. The van der Waals surface area contributed by atoms with Crippen molar-refractivity contribution in [3.8, 4) is 0 Å². The molecule has 3 N–H and O–H groups in total. The summed E-state index contributed by atoms with van der Waals surface area (Å²) in [6.07, 6.45) is 1.70. The number of nitrogens with two attached hydrogens (primary N) is 1. The summed E-state index contributed by atoms with van der Waals surface area (Å²) in [4.78, 5) is 26.9. The van der Waals surface area contributed by atoms with E-state index >= 15 is 0 Å². The van der Waals surface area contributed by atoms with Gasteiger partial charge in [0.1, 0.15) is 0 Å². The van der Waals surface area contributed by atoms with Gasteiger partial charge in [-0.1, -0.05) is 29.4 Å². The van der Waals surface area contributed by atoms with E-state index < -0.39 is 5.91 Å². The van der Waals surface area contributed by atoms with E-state index in [4.69, 9.17) is 5.73 Å². The van der Waals surface area contributed by atoms with Crippen molar-refractivity contribution in [2.45, 2.75) is 25.3 Å². The van der Waals surface area contributed by atoms with E-state index in [9.17, 15) is 9.59 Å². The number of benzene rings is 1. The molecule has 0 saturated heterocycles. The van der Waals surface area contributed by atoms with Crippen LogP contribution in [0.3, 0.4) is 0 Å². The van der Waals surface area contributed by atoms with Gasteiger partial charge in [0, 0.05) is 0 Å². The first-order valence-corrected chi connectivity index (χ1v) is 6.63. The van der Waals surface area contributed by atoms with Gasteiger partial charge in [-0.3, -0.25) is 9.59 Å².